The number of hydrogen-bond acceptors (Lipinski definition) is 8. The lowest BCUT2D eigenvalue weighted by atomic mass is 10.0. The van der Waals surface area contributed by atoms with Crippen LogP contribution in [0.5, 0.6) is 0 Å². The molecule has 0 amide bonds. The Morgan fingerprint density at radius 3 is 2.85 bits per heavy atom. The van der Waals surface area contributed by atoms with Gasteiger partial charge in [0.25, 0.3) is 0 Å². The number of pyridine rings is 1. The molecular formula is C17H18N10. The van der Waals surface area contributed by atoms with Crippen molar-refractivity contribution in [2.24, 2.45) is 0 Å². The highest BCUT2D eigenvalue weighted by Gasteiger charge is 2.24. The molecule has 1 aliphatic rings. The smallest absolute Gasteiger partial charge is 0.224 e. The van der Waals surface area contributed by atoms with E-state index in [9.17, 15) is 0 Å². The number of anilines is 2. The van der Waals surface area contributed by atoms with E-state index in [1.165, 1.54) is 0 Å². The van der Waals surface area contributed by atoms with Crippen LogP contribution in [0.3, 0.4) is 0 Å². The second kappa shape index (κ2) is 6.31. The molecule has 136 valence electrons. The van der Waals surface area contributed by atoms with Crippen LogP contribution in [0.2, 0.25) is 0 Å². The van der Waals surface area contributed by atoms with E-state index in [1.807, 2.05) is 23.0 Å². The zero-order valence-electron chi connectivity index (χ0n) is 14.5. The van der Waals surface area contributed by atoms with Crippen molar-refractivity contribution in [3.05, 3.63) is 36.9 Å². The van der Waals surface area contributed by atoms with E-state index in [0.29, 0.717) is 11.7 Å². The van der Waals surface area contributed by atoms with E-state index >= 15 is 0 Å². The van der Waals surface area contributed by atoms with Gasteiger partial charge in [0, 0.05) is 31.0 Å². The highest BCUT2D eigenvalue weighted by Crippen LogP contribution is 2.29. The normalized spacial score (nSPS) is 15.5. The summed E-state index contributed by atoms with van der Waals surface area (Å²) in [6.07, 6.45) is 9.17. The first-order valence-corrected chi connectivity index (χ1v) is 8.82. The molecule has 3 N–H and O–H groups in total. The maximum atomic E-state index is 5.84. The molecule has 0 saturated carbocycles. The summed E-state index contributed by atoms with van der Waals surface area (Å²) in [6.45, 7) is 1.70. The Morgan fingerprint density at radius 2 is 2.04 bits per heavy atom. The number of H-pyrrole nitrogens is 1. The van der Waals surface area contributed by atoms with Gasteiger partial charge >= 0.3 is 0 Å². The van der Waals surface area contributed by atoms with Crippen LogP contribution in [0, 0.1) is 0 Å². The Labute approximate surface area is 154 Å². The molecule has 0 atom stereocenters. The van der Waals surface area contributed by atoms with E-state index in [0.717, 1.165) is 48.4 Å². The summed E-state index contributed by atoms with van der Waals surface area (Å²) in [5, 5.41) is 16.4. The number of rotatable bonds is 3. The van der Waals surface area contributed by atoms with Gasteiger partial charge in [-0.25, -0.2) is 4.68 Å². The van der Waals surface area contributed by atoms with Crippen molar-refractivity contribution >= 4 is 22.8 Å². The van der Waals surface area contributed by atoms with Crippen molar-refractivity contribution in [1.29, 1.82) is 0 Å². The summed E-state index contributed by atoms with van der Waals surface area (Å²) in [5.74, 6) is 1.08. The van der Waals surface area contributed by atoms with Crippen LogP contribution in [-0.2, 0) is 0 Å². The summed E-state index contributed by atoms with van der Waals surface area (Å²) in [4.78, 5) is 15.0. The Bertz CT molecular complexity index is 1060. The quantitative estimate of drug-likeness (QED) is 0.560. The summed E-state index contributed by atoms with van der Waals surface area (Å²) in [5.41, 5.74) is 8.32. The zero-order valence-corrected chi connectivity index (χ0v) is 14.5. The molecule has 4 aromatic rings. The number of fused-ring (bicyclic) bond motifs is 1. The van der Waals surface area contributed by atoms with Gasteiger partial charge in [-0.15, -0.1) is 5.10 Å². The average molecular weight is 362 g/mol. The summed E-state index contributed by atoms with van der Waals surface area (Å²) >= 11 is 0. The third-order valence-electron chi connectivity index (χ3n) is 4.91. The number of nitrogens with one attached hydrogen (secondary N) is 1. The van der Waals surface area contributed by atoms with Gasteiger partial charge in [0.05, 0.1) is 23.8 Å². The van der Waals surface area contributed by atoms with E-state index in [2.05, 4.69) is 40.4 Å². The third-order valence-corrected chi connectivity index (χ3v) is 4.91. The van der Waals surface area contributed by atoms with Gasteiger partial charge < -0.3 is 10.6 Å². The molecule has 27 heavy (non-hydrogen) atoms. The maximum Gasteiger partial charge on any atom is 0.224 e. The molecule has 1 fully saturated rings. The number of nitrogens with zero attached hydrogens (tertiary/aromatic N) is 8. The number of aromatic nitrogens is 8. The largest absolute Gasteiger partial charge is 0.368 e. The lowest BCUT2D eigenvalue weighted by molar-refractivity contribution is 0.359. The predicted molar refractivity (Wildman–Crippen MR) is 99.8 cm³/mol. The second-order valence-corrected chi connectivity index (χ2v) is 6.58. The van der Waals surface area contributed by atoms with Gasteiger partial charge in [-0.3, -0.25) is 10.1 Å². The maximum absolute atomic E-state index is 5.84. The minimum absolute atomic E-state index is 0.251. The highest BCUT2D eigenvalue weighted by atomic mass is 15.4. The van der Waals surface area contributed by atoms with Crippen LogP contribution >= 0.6 is 0 Å². The van der Waals surface area contributed by atoms with Crippen molar-refractivity contribution < 1.29 is 0 Å². The van der Waals surface area contributed by atoms with Crippen molar-refractivity contribution in [2.45, 2.75) is 18.9 Å². The first kappa shape index (κ1) is 15.7. The highest BCUT2D eigenvalue weighted by molar-refractivity contribution is 5.87. The molecule has 10 heteroatoms. The van der Waals surface area contributed by atoms with Crippen molar-refractivity contribution in [1.82, 2.24) is 40.1 Å². The number of hydrogen-bond donors (Lipinski definition) is 2. The Hall–Kier alpha value is -3.56. The Balaban J connectivity index is 1.33. The summed E-state index contributed by atoms with van der Waals surface area (Å²) in [7, 11) is 0. The predicted octanol–water partition coefficient (Wildman–Crippen LogP) is 1.43. The first-order valence-electron chi connectivity index (χ1n) is 8.82. The lowest BCUT2D eigenvalue weighted by Crippen LogP contribution is -2.35. The van der Waals surface area contributed by atoms with Crippen LogP contribution in [0.1, 0.15) is 18.9 Å². The van der Waals surface area contributed by atoms with Crippen LogP contribution in [-0.4, -0.2) is 53.2 Å². The fraction of sp³-hybridized carbons (Fsp3) is 0.294. The molecule has 5 heterocycles. The van der Waals surface area contributed by atoms with Crippen molar-refractivity contribution in [3.8, 4) is 11.3 Å². The van der Waals surface area contributed by atoms with Crippen LogP contribution < -0.4 is 10.6 Å². The molecule has 0 aromatic carbocycles. The van der Waals surface area contributed by atoms with E-state index in [-0.39, 0.29) is 5.95 Å². The van der Waals surface area contributed by atoms with E-state index in [1.54, 1.807) is 18.6 Å². The van der Waals surface area contributed by atoms with Gasteiger partial charge in [0.2, 0.25) is 5.95 Å². The fourth-order valence-electron chi connectivity index (χ4n) is 3.52. The minimum atomic E-state index is 0.251. The molecule has 4 aromatic heterocycles. The number of piperidine rings is 1. The molecule has 5 rings (SSSR count). The molecule has 0 aliphatic carbocycles. The lowest BCUT2D eigenvalue weighted by Gasteiger charge is -2.32. The van der Waals surface area contributed by atoms with Gasteiger partial charge in [0.15, 0.2) is 5.65 Å². The molecule has 10 nitrogen and oxygen atoms in total. The van der Waals surface area contributed by atoms with Gasteiger partial charge in [-0.1, -0.05) is 5.21 Å². The molecule has 1 aliphatic heterocycles. The molecule has 0 radical (unpaired) electrons. The first-order chi connectivity index (χ1) is 13.3. The third kappa shape index (κ3) is 2.84. The van der Waals surface area contributed by atoms with Crippen LogP contribution in [0.25, 0.3) is 22.3 Å². The average Bonchev–Trinajstić information content (AvgIpc) is 3.38. The fourth-order valence-corrected chi connectivity index (χ4v) is 3.52. The molecule has 0 spiro atoms. The summed E-state index contributed by atoms with van der Waals surface area (Å²) in [6, 6.07) is 4.19. The van der Waals surface area contributed by atoms with Gasteiger partial charge in [0.1, 0.15) is 11.5 Å². The number of aromatic amines is 1. The standard InChI is InChI=1S/C17H18N10/c18-17-21-15-13(9-20-24-15)16(22-17)26-6-3-12(4-7-26)27-10-14(23-25-27)11-2-1-5-19-8-11/h1-2,5,8-10,12H,3-4,6-7H2,(H3,18,20,21,22,24). The van der Waals surface area contributed by atoms with Crippen molar-refractivity contribution in [3.63, 3.8) is 0 Å². The van der Waals surface area contributed by atoms with Crippen molar-refractivity contribution in [2.75, 3.05) is 23.7 Å². The van der Waals surface area contributed by atoms with Gasteiger partial charge in [-0.2, -0.15) is 15.1 Å². The summed E-state index contributed by atoms with van der Waals surface area (Å²) < 4.78 is 1.96. The molecule has 1 saturated heterocycles. The zero-order chi connectivity index (χ0) is 18.2. The second-order valence-electron chi connectivity index (χ2n) is 6.58. The van der Waals surface area contributed by atoms with Crippen LogP contribution in [0.15, 0.2) is 36.9 Å². The number of nitrogens with two attached hydrogens (primary N) is 1. The van der Waals surface area contributed by atoms with Crippen LogP contribution in [0.4, 0.5) is 11.8 Å². The SMILES string of the molecule is Nc1nc(N2CCC(n3cc(-c4cccnc4)nn3)CC2)c2cn[nH]c2n1. The monoisotopic (exact) mass is 362 g/mol. The van der Waals surface area contributed by atoms with Gasteiger partial charge in [-0.05, 0) is 25.0 Å². The topological polar surface area (TPSA) is 127 Å². The van der Waals surface area contributed by atoms with E-state index < -0.39 is 0 Å². The molecular weight excluding hydrogens is 344 g/mol. The minimum Gasteiger partial charge on any atom is -0.368 e. The van der Waals surface area contributed by atoms with E-state index in [4.69, 9.17) is 5.73 Å². The molecule has 0 bridgehead atoms. The Morgan fingerprint density at radius 1 is 1.15 bits per heavy atom. The molecule has 0 unspecified atom stereocenters. The number of nitrogen functional groups attached to an aromatic ring is 1. The Kier molecular flexibility index (Phi) is 3.66.